The summed E-state index contributed by atoms with van der Waals surface area (Å²) in [4.78, 5) is 11.7. The van der Waals surface area contributed by atoms with E-state index >= 15 is 0 Å². The second-order valence-corrected chi connectivity index (χ2v) is 7.98. The third kappa shape index (κ3) is 5.42. The lowest BCUT2D eigenvalue weighted by Crippen LogP contribution is -2.44. The van der Waals surface area contributed by atoms with E-state index in [2.05, 4.69) is 20.3 Å². The van der Waals surface area contributed by atoms with Crippen molar-refractivity contribution in [2.45, 2.75) is 75.6 Å². The number of aryl methyl sites for hydroxylation is 1. The summed E-state index contributed by atoms with van der Waals surface area (Å²) >= 11 is 0. The second-order valence-electron chi connectivity index (χ2n) is 7.98. The van der Waals surface area contributed by atoms with E-state index in [4.69, 9.17) is 0 Å². The van der Waals surface area contributed by atoms with Crippen LogP contribution in [0.15, 0.2) is 5.83 Å². The number of nitrogens with one attached hydrogen (secondary N) is 1. The first-order chi connectivity index (χ1) is 14.2. The molecule has 31 heavy (non-hydrogen) atoms. The molecule has 0 saturated heterocycles. The van der Waals surface area contributed by atoms with Crippen LogP contribution in [0.1, 0.15) is 50.7 Å². The predicted octanol–water partition coefficient (Wildman–Crippen LogP) is 4.68. The van der Waals surface area contributed by atoms with Crippen molar-refractivity contribution in [3.05, 3.63) is 17.5 Å². The van der Waals surface area contributed by atoms with Crippen molar-refractivity contribution in [1.29, 1.82) is 0 Å². The Balaban J connectivity index is 1.89. The molecular formula is C18H20F8N4O. The van der Waals surface area contributed by atoms with Crippen molar-refractivity contribution in [2.75, 3.05) is 5.32 Å². The monoisotopic (exact) mass is 460 g/mol. The summed E-state index contributed by atoms with van der Waals surface area (Å²) in [7, 11) is 0. The van der Waals surface area contributed by atoms with E-state index in [1.165, 1.54) is 0 Å². The summed E-state index contributed by atoms with van der Waals surface area (Å²) < 4.78 is 106. The number of alkyl halides is 7. The Labute approximate surface area is 172 Å². The fourth-order valence-corrected chi connectivity index (χ4v) is 3.30. The summed E-state index contributed by atoms with van der Waals surface area (Å²) in [6.45, 7) is 0.958. The van der Waals surface area contributed by atoms with Crippen LogP contribution in [0.25, 0.3) is 5.57 Å². The average Bonchev–Trinajstić information content (AvgIpc) is 2.62. The van der Waals surface area contributed by atoms with Crippen LogP contribution >= 0.6 is 0 Å². The number of nitrogens with zero attached hydrogens (tertiary/aromatic N) is 3. The topological polar surface area (TPSA) is 70.9 Å². The first-order valence-corrected chi connectivity index (χ1v) is 9.59. The standard InChI is InChI=1S/C18H20F8N4O/c1-8(18(24,25)26)2-3-11-28-14(10-4-5-17(22,23)13(31)12(10)19)30-15(29-11)27-9-6-16(20,21)7-9/h8-9,13,31H,2-7H2,1H3,(H,27,28,29,30)/t8-,13+/m1/s1. The number of hydrogen-bond acceptors (Lipinski definition) is 5. The molecule has 2 aliphatic rings. The summed E-state index contributed by atoms with van der Waals surface area (Å²) in [5.41, 5.74) is -0.423. The van der Waals surface area contributed by atoms with E-state index in [1.807, 2.05) is 0 Å². The molecular weight excluding hydrogens is 440 g/mol. The zero-order valence-electron chi connectivity index (χ0n) is 16.3. The largest absolute Gasteiger partial charge is 0.391 e. The van der Waals surface area contributed by atoms with E-state index < -0.39 is 85.4 Å². The zero-order chi connectivity index (χ0) is 23.2. The van der Waals surface area contributed by atoms with Gasteiger partial charge in [-0.2, -0.15) is 23.1 Å². The van der Waals surface area contributed by atoms with Crippen molar-refractivity contribution < 1.29 is 40.2 Å². The third-order valence-corrected chi connectivity index (χ3v) is 5.37. The molecule has 1 fully saturated rings. The molecule has 0 bridgehead atoms. The van der Waals surface area contributed by atoms with E-state index in [-0.39, 0.29) is 18.2 Å². The number of hydrogen-bond donors (Lipinski definition) is 2. The third-order valence-electron chi connectivity index (χ3n) is 5.37. The maximum absolute atomic E-state index is 14.4. The minimum absolute atomic E-state index is 0.179. The van der Waals surface area contributed by atoms with Gasteiger partial charge in [0, 0.05) is 37.3 Å². The molecule has 3 rings (SSSR count). The molecule has 0 radical (unpaired) electrons. The fourth-order valence-electron chi connectivity index (χ4n) is 3.30. The maximum atomic E-state index is 14.4. The minimum Gasteiger partial charge on any atom is -0.380 e. The molecule has 5 nitrogen and oxygen atoms in total. The highest BCUT2D eigenvalue weighted by atomic mass is 19.4. The van der Waals surface area contributed by atoms with Gasteiger partial charge >= 0.3 is 6.18 Å². The Morgan fingerprint density at radius 3 is 2.35 bits per heavy atom. The van der Waals surface area contributed by atoms with E-state index in [0.717, 1.165) is 6.92 Å². The Morgan fingerprint density at radius 1 is 1.13 bits per heavy atom. The highest BCUT2D eigenvalue weighted by Gasteiger charge is 2.47. The number of aliphatic hydroxyl groups is 1. The molecule has 13 heteroatoms. The number of aromatic nitrogens is 3. The SMILES string of the molecule is C[C@H](CCc1nc(NC2CC(F)(F)C2)nc(C2=C(F)[C@H](O)C(F)(F)CC2)n1)C(F)(F)F. The van der Waals surface area contributed by atoms with Gasteiger partial charge in [0.2, 0.25) is 5.95 Å². The van der Waals surface area contributed by atoms with E-state index in [0.29, 0.717) is 0 Å². The smallest absolute Gasteiger partial charge is 0.380 e. The van der Waals surface area contributed by atoms with Gasteiger partial charge < -0.3 is 10.4 Å². The summed E-state index contributed by atoms with van der Waals surface area (Å²) in [5.74, 6) is -10.7. The zero-order valence-corrected chi connectivity index (χ0v) is 16.3. The lowest BCUT2D eigenvalue weighted by Gasteiger charge is -2.35. The van der Waals surface area contributed by atoms with Gasteiger partial charge in [0.05, 0.1) is 5.92 Å². The number of anilines is 1. The molecule has 1 heterocycles. The predicted molar refractivity (Wildman–Crippen MR) is 93.2 cm³/mol. The van der Waals surface area contributed by atoms with Gasteiger partial charge in [-0.25, -0.2) is 26.9 Å². The lowest BCUT2D eigenvalue weighted by atomic mass is 9.88. The molecule has 1 aromatic rings. The van der Waals surface area contributed by atoms with Crippen LogP contribution < -0.4 is 5.32 Å². The highest BCUT2D eigenvalue weighted by molar-refractivity contribution is 5.65. The molecule has 0 aromatic carbocycles. The first kappa shape index (κ1) is 23.6. The van der Waals surface area contributed by atoms with Crippen LogP contribution in [-0.4, -0.2) is 50.2 Å². The fraction of sp³-hybridized carbons (Fsp3) is 0.722. The Kier molecular flexibility index (Phi) is 6.20. The quantitative estimate of drug-likeness (QED) is 0.604. The van der Waals surface area contributed by atoms with Crippen LogP contribution in [0.5, 0.6) is 0 Å². The van der Waals surface area contributed by atoms with Gasteiger partial charge in [0.25, 0.3) is 11.8 Å². The van der Waals surface area contributed by atoms with Gasteiger partial charge in [0.1, 0.15) is 11.7 Å². The maximum Gasteiger partial charge on any atom is 0.391 e. The molecule has 1 aromatic heterocycles. The average molecular weight is 460 g/mol. The van der Waals surface area contributed by atoms with Gasteiger partial charge in [0.15, 0.2) is 11.9 Å². The number of aliphatic hydroxyl groups excluding tert-OH is 1. The molecule has 1 saturated carbocycles. The first-order valence-electron chi connectivity index (χ1n) is 9.59. The van der Waals surface area contributed by atoms with Crippen LogP contribution in [0.2, 0.25) is 0 Å². The molecule has 2 aliphatic carbocycles. The molecule has 0 spiro atoms. The molecule has 174 valence electrons. The minimum atomic E-state index is -4.46. The van der Waals surface area contributed by atoms with Crippen LogP contribution in [0.3, 0.4) is 0 Å². The van der Waals surface area contributed by atoms with Gasteiger partial charge in [-0.1, -0.05) is 6.92 Å². The van der Waals surface area contributed by atoms with Crippen molar-refractivity contribution in [3.8, 4) is 0 Å². The van der Waals surface area contributed by atoms with Crippen LogP contribution in [0, 0.1) is 5.92 Å². The van der Waals surface area contributed by atoms with Crippen molar-refractivity contribution >= 4 is 11.5 Å². The summed E-state index contributed by atoms with van der Waals surface area (Å²) in [5, 5.41) is 12.1. The second kappa shape index (κ2) is 8.14. The molecule has 0 aliphatic heterocycles. The van der Waals surface area contributed by atoms with Crippen molar-refractivity contribution in [2.24, 2.45) is 5.92 Å². The van der Waals surface area contributed by atoms with Gasteiger partial charge in [-0.3, -0.25) is 0 Å². The Morgan fingerprint density at radius 2 is 1.77 bits per heavy atom. The van der Waals surface area contributed by atoms with Crippen LogP contribution in [0.4, 0.5) is 41.1 Å². The van der Waals surface area contributed by atoms with Gasteiger partial charge in [-0.15, -0.1) is 0 Å². The summed E-state index contributed by atoms with van der Waals surface area (Å²) in [6.07, 6.45) is -10.3. The Hall–Kier alpha value is -2.05. The summed E-state index contributed by atoms with van der Waals surface area (Å²) in [6, 6.07) is -0.715. The Bertz CT molecular complexity index is 849. The normalized spacial score (nSPS) is 24.6. The van der Waals surface area contributed by atoms with Crippen molar-refractivity contribution in [1.82, 2.24) is 15.0 Å². The van der Waals surface area contributed by atoms with E-state index in [9.17, 15) is 40.2 Å². The molecule has 2 atom stereocenters. The molecule has 0 amide bonds. The van der Waals surface area contributed by atoms with E-state index in [1.54, 1.807) is 0 Å². The number of rotatable bonds is 6. The number of allylic oxidation sites excluding steroid dienone is 1. The van der Waals surface area contributed by atoms with Gasteiger partial charge in [-0.05, 0) is 12.8 Å². The molecule has 0 unspecified atom stereocenters. The van der Waals surface area contributed by atoms with Crippen LogP contribution in [-0.2, 0) is 6.42 Å². The number of halogens is 8. The highest BCUT2D eigenvalue weighted by Crippen LogP contribution is 2.42. The molecule has 2 N–H and O–H groups in total. The lowest BCUT2D eigenvalue weighted by molar-refractivity contribution is -0.171. The van der Waals surface area contributed by atoms with Crippen molar-refractivity contribution in [3.63, 3.8) is 0 Å².